The molecule has 0 bridgehead atoms. The Bertz CT molecular complexity index is 968. The van der Waals surface area contributed by atoms with Crippen molar-refractivity contribution in [3.05, 3.63) is 61.3 Å². The van der Waals surface area contributed by atoms with Gasteiger partial charge >= 0.3 is 5.69 Å². The van der Waals surface area contributed by atoms with Gasteiger partial charge in [-0.25, -0.2) is 9.37 Å². The van der Waals surface area contributed by atoms with Gasteiger partial charge in [0.05, 0.1) is 4.92 Å². The summed E-state index contributed by atoms with van der Waals surface area (Å²) in [5.74, 6) is -0.853. The standard InChI is InChI=1S/C13H9FN4O4S/c1-7-4-12(19)17-13(15-7)23-11(16-17)6-22-10-5-8(14)2-3-9(10)18(20)21/h2-5H,6H2,1H3. The lowest BCUT2D eigenvalue weighted by atomic mass is 10.3. The summed E-state index contributed by atoms with van der Waals surface area (Å²) >= 11 is 1.12. The third-order valence-electron chi connectivity index (χ3n) is 2.88. The maximum atomic E-state index is 13.2. The van der Waals surface area contributed by atoms with Crippen LogP contribution in [0.3, 0.4) is 0 Å². The molecule has 8 nitrogen and oxygen atoms in total. The normalized spacial score (nSPS) is 10.9. The third-order valence-corrected chi connectivity index (χ3v) is 3.77. The van der Waals surface area contributed by atoms with Crippen molar-refractivity contribution >= 4 is 22.0 Å². The van der Waals surface area contributed by atoms with E-state index in [1.54, 1.807) is 6.92 Å². The van der Waals surface area contributed by atoms with Crippen molar-refractivity contribution in [2.24, 2.45) is 0 Å². The highest BCUT2D eigenvalue weighted by molar-refractivity contribution is 7.16. The largest absolute Gasteiger partial charge is 0.479 e. The third kappa shape index (κ3) is 3.01. The Labute approximate surface area is 131 Å². The predicted molar refractivity (Wildman–Crippen MR) is 79.3 cm³/mol. The number of rotatable bonds is 4. The number of fused-ring (bicyclic) bond motifs is 1. The van der Waals surface area contributed by atoms with Crippen LogP contribution in [-0.4, -0.2) is 19.5 Å². The second-order valence-corrected chi connectivity index (χ2v) is 5.62. The van der Waals surface area contributed by atoms with Crippen LogP contribution in [0.5, 0.6) is 5.75 Å². The minimum Gasteiger partial charge on any atom is -0.479 e. The second kappa shape index (κ2) is 5.72. The average Bonchev–Trinajstić information content (AvgIpc) is 2.88. The number of ether oxygens (including phenoxy) is 1. The fourth-order valence-corrected chi connectivity index (χ4v) is 2.77. The molecule has 0 aliphatic rings. The first-order valence-corrected chi connectivity index (χ1v) is 7.19. The zero-order chi connectivity index (χ0) is 16.6. The lowest BCUT2D eigenvalue weighted by Gasteiger charge is -2.04. The molecule has 3 rings (SSSR count). The molecule has 0 spiro atoms. The summed E-state index contributed by atoms with van der Waals surface area (Å²) < 4.78 is 19.6. The maximum absolute atomic E-state index is 13.2. The molecule has 0 saturated heterocycles. The van der Waals surface area contributed by atoms with Crippen molar-refractivity contribution in [3.63, 3.8) is 0 Å². The highest BCUT2D eigenvalue weighted by atomic mass is 32.1. The minimum atomic E-state index is -0.664. The molecule has 1 aromatic carbocycles. The Morgan fingerprint density at radius 1 is 1.43 bits per heavy atom. The van der Waals surface area contributed by atoms with E-state index in [0.717, 1.165) is 34.1 Å². The lowest BCUT2D eigenvalue weighted by Crippen LogP contribution is -2.14. The van der Waals surface area contributed by atoms with Gasteiger partial charge < -0.3 is 4.74 Å². The van der Waals surface area contributed by atoms with Gasteiger partial charge in [-0.15, -0.1) is 0 Å². The van der Waals surface area contributed by atoms with Gasteiger partial charge in [0, 0.05) is 23.9 Å². The van der Waals surface area contributed by atoms with Crippen LogP contribution in [0, 0.1) is 22.9 Å². The van der Waals surface area contributed by atoms with Crippen LogP contribution in [0.25, 0.3) is 4.96 Å². The van der Waals surface area contributed by atoms with Gasteiger partial charge in [-0.3, -0.25) is 14.9 Å². The molecule has 0 saturated carbocycles. The predicted octanol–water partition coefficient (Wildman–Crippen LogP) is 2.09. The van der Waals surface area contributed by atoms with Gasteiger partial charge in [0.25, 0.3) is 5.56 Å². The van der Waals surface area contributed by atoms with Crippen LogP contribution < -0.4 is 10.3 Å². The van der Waals surface area contributed by atoms with Crippen LogP contribution in [0.1, 0.15) is 10.7 Å². The molecule has 0 amide bonds. The molecule has 2 heterocycles. The molecule has 0 fully saturated rings. The van der Waals surface area contributed by atoms with Crippen molar-refractivity contribution in [2.75, 3.05) is 0 Å². The molecule has 0 radical (unpaired) electrons. The quantitative estimate of drug-likeness (QED) is 0.534. The Morgan fingerprint density at radius 2 is 2.22 bits per heavy atom. The fourth-order valence-electron chi connectivity index (χ4n) is 1.91. The van der Waals surface area contributed by atoms with Crippen LogP contribution in [0.2, 0.25) is 0 Å². The number of nitrogens with zero attached hydrogens (tertiary/aromatic N) is 4. The van der Waals surface area contributed by atoms with Crippen LogP contribution in [-0.2, 0) is 6.61 Å². The number of aromatic nitrogens is 3. The van der Waals surface area contributed by atoms with Crippen molar-refractivity contribution < 1.29 is 14.1 Å². The smallest absolute Gasteiger partial charge is 0.311 e. The van der Waals surface area contributed by atoms with Crippen LogP contribution in [0.4, 0.5) is 10.1 Å². The van der Waals surface area contributed by atoms with Crippen molar-refractivity contribution in [1.82, 2.24) is 14.6 Å². The summed E-state index contributed by atoms with van der Waals surface area (Å²) in [6.45, 7) is 1.55. The Morgan fingerprint density at radius 3 is 2.96 bits per heavy atom. The van der Waals surface area contributed by atoms with Gasteiger partial charge in [0.15, 0.2) is 10.8 Å². The summed E-state index contributed by atoms with van der Waals surface area (Å²) in [7, 11) is 0. The second-order valence-electron chi connectivity index (χ2n) is 4.58. The summed E-state index contributed by atoms with van der Waals surface area (Å²) in [6.07, 6.45) is 0. The number of nitro benzene ring substituents is 1. The number of halogens is 1. The van der Waals surface area contributed by atoms with Crippen molar-refractivity contribution in [3.8, 4) is 5.75 Å². The van der Waals surface area contributed by atoms with Gasteiger partial charge in [-0.1, -0.05) is 11.3 Å². The molecule has 0 aliphatic heterocycles. The molecule has 0 atom stereocenters. The van der Waals surface area contributed by atoms with Gasteiger partial charge in [-0.05, 0) is 13.0 Å². The van der Waals surface area contributed by atoms with Crippen molar-refractivity contribution in [1.29, 1.82) is 0 Å². The van der Waals surface area contributed by atoms with E-state index in [2.05, 4.69) is 10.1 Å². The summed E-state index contributed by atoms with van der Waals surface area (Å²) in [6, 6.07) is 4.28. The van der Waals surface area contributed by atoms with Crippen LogP contribution in [0.15, 0.2) is 29.1 Å². The summed E-state index contributed by atoms with van der Waals surface area (Å²) in [5, 5.41) is 15.3. The van der Waals surface area contributed by atoms with Gasteiger partial charge in [-0.2, -0.15) is 9.61 Å². The van der Waals surface area contributed by atoms with E-state index >= 15 is 0 Å². The first kappa shape index (κ1) is 15.0. The molecular formula is C13H9FN4O4S. The molecule has 2 aromatic heterocycles. The molecule has 3 aromatic rings. The number of hydrogen-bond acceptors (Lipinski definition) is 7. The molecule has 0 aliphatic carbocycles. The fraction of sp³-hybridized carbons (Fsp3) is 0.154. The van der Waals surface area contributed by atoms with E-state index in [9.17, 15) is 19.3 Å². The van der Waals surface area contributed by atoms with E-state index in [-0.39, 0.29) is 23.6 Å². The Kier molecular flexibility index (Phi) is 3.74. The van der Waals surface area contributed by atoms with E-state index in [1.807, 2.05) is 0 Å². The van der Waals surface area contributed by atoms with Gasteiger partial charge in [0.1, 0.15) is 12.4 Å². The van der Waals surface area contributed by atoms with Gasteiger partial charge in [0.2, 0.25) is 4.96 Å². The van der Waals surface area contributed by atoms with E-state index in [1.165, 1.54) is 6.07 Å². The average molecular weight is 336 g/mol. The first-order valence-electron chi connectivity index (χ1n) is 6.37. The van der Waals surface area contributed by atoms with E-state index in [4.69, 9.17) is 4.74 Å². The summed E-state index contributed by atoms with van der Waals surface area (Å²) in [5.41, 5.74) is -0.114. The minimum absolute atomic E-state index is 0.142. The molecule has 0 unspecified atom stereocenters. The maximum Gasteiger partial charge on any atom is 0.311 e. The topological polar surface area (TPSA) is 99.6 Å². The Balaban J connectivity index is 1.89. The van der Waals surface area contributed by atoms with Crippen LogP contribution >= 0.6 is 11.3 Å². The zero-order valence-corrected chi connectivity index (χ0v) is 12.5. The molecular weight excluding hydrogens is 327 g/mol. The van der Waals surface area contributed by atoms with E-state index < -0.39 is 10.7 Å². The molecule has 118 valence electrons. The summed E-state index contributed by atoms with van der Waals surface area (Å²) in [4.78, 5) is 26.6. The van der Waals surface area contributed by atoms with Crippen molar-refractivity contribution in [2.45, 2.75) is 13.5 Å². The highest BCUT2D eigenvalue weighted by Crippen LogP contribution is 2.28. The number of nitro groups is 1. The monoisotopic (exact) mass is 336 g/mol. The molecule has 23 heavy (non-hydrogen) atoms. The number of benzene rings is 1. The van der Waals surface area contributed by atoms with E-state index in [0.29, 0.717) is 15.7 Å². The highest BCUT2D eigenvalue weighted by Gasteiger charge is 2.17. The molecule has 0 N–H and O–H groups in total. The lowest BCUT2D eigenvalue weighted by molar-refractivity contribution is -0.386. The number of aryl methyl sites for hydroxylation is 1. The Hall–Kier alpha value is -2.88. The number of hydrogen-bond donors (Lipinski definition) is 0. The zero-order valence-electron chi connectivity index (χ0n) is 11.7. The first-order chi connectivity index (χ1) is 10.9. The SMILES string of the molecule is Cc1cc(=O)n2nc(COc3cc(F)ccc3[N+](=O)[O-])sc2n1. The molecule has 10 heteroatoms.